The first-order valence-electron chi connectivity index (χ1n) is 9.65. The van der Waals surface area contributed by atoms with Crippen LogP contribution < -0.4 is 15.0 Å². The smallest absolute Gasteiger partial charge is 0.335 e. The molecule has 0 atom stereocenters. The minimum atomic E-state index is -0.852. The molecule has 0 spiro atoms. The summed E-state index contributed by atoms with van der Waals surface area (Å²) >= 11 is 18.0. The van der Waals surface area contributed by atoms with Crippen LogP contribution in [0.5, 0.6) is 5.75 Å². The molecule has 0 aromatic heterocycles. The number of ether oxygens (including phenoxy) is 1. The number of hydrogen-bond acceptors (Lipinski definition) is 4. The van der Waals surface area contributed by atoms with E-state index >= 15 is 0 Å². The minimum Gasteiger partial charge on any atom is -0.488 e. The Balaban J connectivity index is 1.66. The lowest BCUT2D eigenvalue weighted by Gasteiger charge is -2.26. The van der Waals surface area contributed by atoms with Crippen LogP contribution in [0.2, 0.25) is 15.1 Å². The minimum absolute atomic E-state index is 0.227. The van der Waals surface area contributed by atoms with Gasteiger partial charge in [-0.15, -0.1) is 0 Å². The van der Waals surface area contributed by atoms with Crippen LogP contribution in [0.1, 0.15) is 11.1 Å². The first kappa shape index (κ1) is 22.9. The highest BCUT2D eigenvalue weighted by molar-refractivity contribution is 6.39. The lowest BCUT2D eigenvalue weighted by atomic mass is 10.1. The van der Waals surface area contributed by atoms with Crippen LogP contribution in [0.3, 0.4) is 0 Å². The topological polar surface area (TPSA) is 75.7 Å². The zero-order valence-electron chi connectivity index (χ0n) is 16.8. The van der Waals surface area contributed by atoms with Gasteiger partial charge < -0.3 is 4.74 Å². The molecule has 33 heavy (non-hydrogen) atoms. The van der Waals surface area contributed by atoms with Gasteiger partial charge in [-0.3, -0.25) is 14.9 Å². The van der Waals surface area contributed by atoms with Crippen molar-refractivity contribution in [3.63, 3.8) is 0 Å². The van der Waals surface area contributed by atoms with Crippen LogP contribution in [0.25, 0.3) is 6.08 Å². The molecule has 1 aliphatic rings. The first-order chi connectivity index (χ1) is 15.8. The Labute approximate surface area is 204 Å². The number of amides is 4. The number of benzene rings is 3. The van der Waals surface area contributed by atoms with Gasteiger partial charge in [-0.25, -0.2) is 9.69 Å². The molecule has 0 radical (unpaired) electrons. The summed E-state index contributed by atoms with van der Waals surface area (Å²) in [6, 6.07) is 17.2. The monoisotopic (exact) mass is 500 g/mol. The Morgan fingerprint density at radius 1 is 0.818 bits per heavy atom. The lowest BCUT2D eigenvalue weighted by Crippen LogP contribution is -2.54. The molecule has 3 aromatic carbocycles. The molecule has 0 unspecified atom stereocenters. The van der Waals surface area contributed by atoms with E-state index < -0.39 is 17.8 Å². The predicted octanol–water partition coefficient (Wildman–Crippen LogP) is 5.89. The second-order valence-electron chi connectivity index (χ2n) is 7.03. The Morgan fingerprint density at radius 3 is 2.09 bits per heavy atom. The van der Waals surface area contributed by atoms with Gasteiger partial charge >= 0.3 is 6.03 Å². The normalized spacial score (nSPS) is 15.1. The number of anilines is 1. The van der Waals surface area contributed by atoms with Gasteiger partial charge in [0.25, 0.3) is 11.8 Å². The summed E-state index contributed by atoms with van der Waals surface area (Å²) in [5.74, 6) is -1.20. The second-order valence-corrected chi connectivity index (χ2v) is 8.34. The molecule has 0 aliphatic carbocycles. The largest absolute Gasteiger partial charge is 0.488 e. The highest BCUT2D eigenvalue weighted by atomic mass is 35.5. The maximum atomic E-state index is 13.1. The summed E-state index contributed by atoms with van der Waals surface area (Å²) in [7, 11) is 0. The van der Waals surface area contributed by atoms with E-state index in [0.29, 0.717) is 26.4 Å². The first-order valence-corrected chi connectivity index (χ1v) is 10.8. The van der Waals surface area contributed by atoms with Gasteiger partial charge in [0.2, 0.25) is 0 Å². The molecule has 1 N–H and O–H groups in total. The molecule has 1 fully saturated rings. The van der Waals surface area contributed by atoms with E-state index in [1.165, 1.54) is 30.3 Å². The summed E-state index contributed by atoms with van der Waals surface area (Å²) in [5, 5.41) is 3.61. The number of hydrogen-bond donors (Lipinski definition) is 1. The van der Waals surface area contributed by atoms with Crippen LogP contribution in [-0.2, 0) is 16.2 Å². The number of rotatable bonds is 5. The number of barbiturate groups is 1. The van der Waals surface area contributed by atoms with E-state index in [9.17, 15) is 14.4 Å². The molecule has 0 saturated carbocycles. The molecule has 4 amide bonds. The number of carbonyl (C=O) groups excluding carboxylic acids is 3. The molecular weight excluding hydrogens is 487 g/mol. The summed E-state index contributed by atoms with van der Waals surface area (Å²) in [4.78, 5) is 38.8. The van der Waals surface area contributed by atoms with E-state index in [2.05, 4.69) is 5.32 Å². The lowest BCUT2D eigenvalue weighted by molar-refractivity contribution is -0.122. The van der Waals surface area contributed by atoms with Crippen molar-refractivity contribution in [1.29, 1.82) is 0 Å². The number of imide groups is 2. The van der Waals surface area contributed by atoms with Crippen molar-refractivity contribution >= 4 is 64.4 Å². The molecule has 1 saturated heterocycles. The SMILES string of the molecule is O=C1NC(=O)N(c2ccc(Cl)cc2)C(=O)/C1=C/c1cc(Cl)ccc1OCc1ccc(Cl)cc1. The quantitative estimate of drug-likeness (QED) is 0.349. The summed E-state index contributed by atoms with van der Waals surface area (Å²) in [6.45, 7) is 0.227. The number of carbonyl (C=O) groups is 3. The standard InChI is InChI=1S/C24H15Cl3N2O4/c25-16-3-1-14(2-4-16)13-33-21-10-7-18(27)11-15(21)12-20-22(30)28-24(32)29(23(20)31)19-8-5-17(26)6-9-19/h1-12H,13H2,(H,28,30,32)/b20-12+. The Bertz CT molecular complexity index is 1270. The third-order valence-corrected chi connectivity index (χ3v) is 5.50. The molecule has 1 aliphatic heterocycles. The van der Waals surface area contributed by atoms with Gasteiger partial charge in [0.1, 0.15) is 17.9 Å². The van der Waals surface area contributed by atoms with Crippen molar-refractivity contribution in [3.05, 3.63) is 98.5 Å². The average Bonchev–Trinajstić information content (AvgIpc) is 2.78. The number of halogens is 3. The van der Waals surface area contributed by atoms with E-state index in [4.69, 9.17) is 39.5 Å². The third-order valence-electron chi connectivity index (χ3n) is 4.77. The maximum Gasteiger partial charge on any atom is 0.335 e. The van der Waals surface area contributed by atoms with Crippen molar-refractivity contribution in [1.82, 2.24) is 5.32 Å². The van der Waals surface area contributed by atoms with E-state index in [1.54, 1.807) is 30.3 Å². The van der Waals surface area contributed by atoms with Crippen LogP contribution in [0, 0.1) is 0 Å². The van der Waals surface area contributed by atoms with Gasteiger partial charge in [-0.1, -0.05) is 46.9 Å². The predicted molar refractivity (Wildman–Crippen MR) is 128 cm³/mol. The second kappa shape index (κ2) is 9.67. The Kier molecular flexibility index (Phi) is 6.70. The number of nitrogens with zero attached hydrogens (tertiary/aromatic N) is 1. The fraction of sp³-hybridized carbons (Fsp3) is 0.0417. The van der Waals surface area contributed by atoms with Gasteiger partial charge in [-0.2, -0.15) is 0 Å². The third kappa shape index (κ3) is 5.20. The van der Waals surface area contributed by atoms with Crippen LogP contribution >= 0.6 is 34.8 Å². The van der Waals surface area contributed by atoms with Crippen LogP contribution in [0.4, 0.5) is 10.5 Å². The van der Waals surface area contributed by atoms with Crippen molar-refractivity contribution < 1.29 is 19.1 Å². The number of nitrogens with one attached hydrogen (secondary N) is 1. The molecule has 166 valence electrons. The van der Waals surface area contributed by atoms with Crippen molar-refractivity contribution in [2.24, 2.45) is 0 Å². The molecule has 6 nitrogen and oxygen atoms in total. The van der Waals surface area contributed by atoms with Crippen molar-refractivity contribution in [3.8, 4) is 5.75 Å². The van der Waals surface area contributed by atoms with E-state index in [0.717, 1.165) is 10.5 Å². The highest BCUT2D eigenvalue weighted by Gasteiger charge is 2.37. The molecular formula is C24H15Cl3N2O4. The Hall–Kier alpha value is -3.32. The van der Waals surface area contributed by atoms with Crippen molar-refractivity contribution in [2.45, 2.75) is 6.61 Å². The van der Waals surface area contributed by atoms with Crippen LogP contribution in [0.15, 0.2) is 72.3 Å². The molecule has 4 rings (SSSR count). The molecule has 9 heteroatoms. The van der Waals surface area contributed by atoms with E-state index in [-0.39, 0.29) is 17.9 Å². The van der Waals surface area contributed by atoms with Gasteiger partial charge in [0.15, 0.2) is 0 Å². The maximum absolute atomic E-state index is 13.1. The molecule has 0 bridgehead atoms. The van der Waals surface area contributed by atoms with Gasteiger partial charge in [0.05, 0.1) is 5.69 Å². The Morgan fingerprint density at radius 2 is 1.42 bits per heavy atom. The van der Waals surface area contributed by atoms with E-state index in [1.807, 2.05) is 12.1 Å². The fourth-order valence-electron chi connectivity index (χ4n) is 3.14. The van der Waals surface area contributed by atoms with Gasteiger partial charge in [0, 0.05) is 20.6 Å². The zero-order valence-corrected chi connectivity index (χ0v) is 19.1. The molecule has 1 heterocycles. The fourth-order valence-corrected chi connectivity index (χ4v) is 3.58. The van der Waals surface area contributed by atoms with Gasteiger partial charge in [-0.05, 0) is 66.2 Å². The number of urea groups is 1. The average molecular weight is 502 g/mol. The highest BCUT2D eigenvalue weighted by Crippen LogP contribution is 2.29. The van der Waals surface area contributed by atoms with Crippen molar-refractivity contribution in [2.75, 3.05) is 4.90 Å². The summed E-state index contributed by atoms with van der Waals surface area (Å²) < 4.78 is 5.89. The van der Waals surface area contributed by atoms with Crippen LogP contribution in [-0.4, -0.2) is 17.8 Å². The summed E-state index contributed by atoms with van der Waals surface area (Å²) in [5.41, 5.74) is 1.30. The zero-order chi connectivity index (χ0) is 23.5. The summed E-state index contributed by atoms with van der Waals surface area (Å²) in [6.07, 6.45) is 1.34. The molecule has 3 aromatic rings.